The zero-order valence-electron chi connectivity index (χ0n) is 15.6. The number of rotatable bonds is 5. The molecule has 3 amide bonds. The Labute approximate surface area is 172 Å². The van der Waals surface area contributed by atoms with Gasteiger partial charge in [0.15, 0.2) is 0 Å². The zero-order valence-corrected chi connectivity index (χ0v) is 15.6. The van der Waals surface area contributed by atoms with Gasteiger partial charge >= 0.3 is 18.2 Å². The molecule has 0 saturated carbocycles. The largest absolute Gasteiger partial charge is 0.478 e. The first-order chi connectivity index (χ1) is 14.6. The van der Waals surface area contributed by atoms with Crippen LogP contribution in [0.1, 0.15) is 26.4 Å². The third-order valence-corrected chi connectivity index (χ3v) is 4.27. The van der Waals surface area contributed by atoms with Gasteiger partial charge in [-0.15, -0.1) is 0 Å². The summed E-state index contributed by atoms with van der Waals surface area (Å²) in [6, 6.07) is 9.28. The van der Waals surface area contributed by atoms with Crippen LogP contribution in [0.25, 0.3) is 11.1 Å². The van der Waals surface area contributed by atoms with Crippen LogP contribution in [-0.4, -0.2) is 28.0 Å². The number of aromatic carboxylic acids is 1. The number of hydrogen-bond acceptors (Lipinski definition) is 3. The standard InChI is InChI=1S/C20H15F3N4O4/c21-20(22,23)13-3-1-2-4-14(13)27-19(31)26-11-7-5-10(6-8-11)15-12(18(29)30)9-25-16(15)17(24)28/h1-9,25H,(H2,24,28)(H,29,30)(H2,26,27,31). The third-order valence-electron chi connectivity index (χ3n) is 4.27. The summed E-state index contributed by atoms with van der Waals surface area (Å²) in [5.41, 5.74) is 4.23. The highest BCUT2D eigenvalue weighted by molar-refractivity contribution is 6.06. The molecule has 0 fully saturated rings. The second-order valence-electron chi connectivity index (χ2n) is 6.32. The Hall–Kier alpha value is -4.28. The summed E-state index contributed by atoms with van der Waals surface area (Å²) in [4.78, 5) is 37.6. The van der Waals surface area contributed by atoms with Crippen molar-refractivity contribution in [3.05, 3.63) is 71.5 Å². The van der Waals surface area contributed by atoms with Crippen molar-refractivity contribution in [2.24, 2.45) is 5.73 Å². The quantitative estimate of drug-likeness (QED) is 0.414. The number of hydrogen-bond donors (Lipinski definition) is 5. The van der Waals surface area contributed by atoms with Crippen LogP contribution < -0.4 is 16.4 Å². The highest BCUT2D eigenvalue weighted by Gasteiger charge is 2.33. The second-order valence-corrected chi connectivity index (χ2v) is 6.32. The molecule has 160 valence electrons. The summed E-state index contributed by atoms with van der Waals surface area (Å²) in [6.07, 6.45) is -3.50. The van der Waals surface area contributed by atoms with Crippen LogP contribution in [-0.2, 0) is 6.18 Å². The van der Waals surface area contributed by atoms with E-state index in [-0.39, 0.29) is 22.5 Å². The Morgan fingerprint density at radius 1 is 0.968 bits per heavy atom. The summed E-state index contributed by atoms with van der Waals surface area (Å²) in [7, 11) is 0. The Kier molecular flexibility index (Phi) is 5.68. The van der Waals surface area contributed by atoms with Crippen LogP contribution in [0.2, 0.25) is 0 Å². The number of H-pyrrole nitrogens is 1. The highest BCUT2D eigenvalue weighted by atomic mass is 19.4. The number of halogens is 3. The molecule has 8 nitrogen and oxygen atoms in total. The number of benzene rings is 2. The minimum atomic E-state index is -4.64. The van der Waals surface area contributed by atoms with Gasteiger partial charge in [0, 0.05) is 17.4 Å². The van der Waals surface area contributed by atoms with E-state index in [4.69, 9.17) is 5.73 Å². The van der Waals surface area contributed by atoms with Crippen molar-refractivity contribution in [3.8, 4) is 11.1 Å². The first-order valence-corrected chi connectivity index (χ1v) is 8.67. The van der Waals surface area contributed by atoms with Crippen molar-refractivity contribution in [2.75, 3.05) is 10.6 Å². The van der Waals surface area contributed by atoms with Gasteiger partial charge in [0.2, 0.25) is 0 Å². The van der Waals surface area contributed by atoms with Gasteiger partial charge in [0.1, 0.15) is 5.69 Å². The van der Waals surface area contributed by atoms with Crippen molar-refractivity contribution in [1.82, 2.24) is 4.98 Å². The van der Waals surface area contributed by atoms with Crippen LogP contribution in [0.15, 0.2) is 54.7 Å². The maximum Gasteiger partial charge on any atom is 0.418 e. The minimum Gasteiger partial charge on any atom is -0.478 e. The molecule has 0 saturated heterocycles. The van der Waals surface area contributed by atoms with E-state index in [2.05, 4.69) is 15.6 Å². The van der Waals surface area contributed by atoms with Crippen molar-refractivity contribution in [1.29, 1.82) is 0 Å². The lowest BCUT2D eigenvalue weighted by molar-refractivity contribution is -0.136. The number of aromatic amines is 1. The smallest absolute Gasteiger partial charge is 0.418 e. The maximum absolute atomic E-state index is 13.0. The number of aromatic nitrogens is 1. The molecule has 0 bridgehead atoms. The van der Waals surface area contributed by atoms with Gasteiger partial charge in [-0.3, -0.25) is 4.79 Å². The number of carboxylic acids is 1. The Morgan fingerprint density at radius 3 is 2.19 bits per heavy atom. The molecule has 0 aliphatic rings. The van der Waals surface area contributed by atoms with E-state index in [0.717, 1.165) is 18.3 Å². The molecule has 0 unspecified atom stereocenters. The predicted octanol–water partition coefficient (Wildman–Crippen LogP) is 4.14. The number of alkyl halides is 3. The average molecular weight is 432 g/mol. The highest BCUT2D eigenvalue weighted by Crippen LogP contribution is 2.34. The first-order valence-electron chi connectivity index (χ1n) is 8.67. The molecule has 31 heavy (non-hydrogen) atoms. The number of primary amides is 1. The van der Waals surface area contributed by atoms with E-state index in [9.17, 15) is 32.7 Å². The van der Waals surface area contributed by atoms with Crippen molar-refractivity contribution in [3.63, 3.8) is 0 Å². The zero-order chi connectivity index (χ0) is 22.8. The number of para-hydroxylation sites is 1. The van der Waals surface area contributed by atoms with Crippen molar-refractivity contribution < 1.29 is 32.7 Å². The number of urea groups is 1. The molecule has 3 aromatic rings. The molecule has 0 aliphatic heterocycles. The molecule has 1 heterocycles. The maximum atomic E-state index is 13.0. The SMILES string of the molecule is NC(=O)c1[nH]cc(C(=O)O)c1-c1ccc(NC(=O)Nc2ccccc2C(F)(F)F)cc1. The van der Waals surface area contributed by atoms with Crippen LogP contribution in [0.4, 0.5) is 29.3 Å². The number of carboxylic acid groups (broad SMARTS) is 1. The number of nitrogens with one attached hydrogen (secondary N) is 3. The van der Waals surface area contributed by atoms with E-state index in [1.807, 2.05) is 0 Å². The normalized spacial score (nSPS) is 11.1. The van der Waals surface area contributed by atoms with Crippen LogP contribution in [0, 0.1) is 0 Å². The van der Waals surface area contributed by atoms with Gasteiger partial charge in [-0.05, 0) is 29.8 Å². The van der Waals surface area contributed by atoms with E-state index in [0.29, 0.717) is 5.56 Å². The van der Waals surface area contributed by atoms with Gasteiger partial charge in [0.05, 0.1) is 16.8 Å². The lowest BCUT2D eigenvalue weighted by atomic mass is 10.0. The Balaban J connectivity index is 1.80. The summed E-state index contributed by atoms with van der Waals surface area (Å²) in [5.74, 6) is -2.13. The van der Waals surface area contributed by atoms with E-state index in [1.54, 1.807) is 0 Å². The molecule has 1 aromatic heterocycles. The molecule has 3 rings (SSSR count). The Morgan fingerprint density at radius 2 is 1.61 bits per heavy atom. The van der Waals surface area contributed by atoms with Gasteiger partial charge in [0.25, 0.3) is 5.91 Å². The number of carbonyl (C=O) groups excluding carboxylic acids is 2. The van der Waals surface area contributed by atoms with E-state index in [1.165, 1.54) is 36.4 Å². The van der Waals surface area contributed by atoms with Crippen LogP contribution in [0.3, 0.4) is 0 Å². The van der Waals surface area contributed by atoms with E-state index >= 15 is 0 Å². The lowest BCUT2D eigenvalue weighted by Crippen LogP contribution is -2.21. The molecule has 0 aliphatic carbocycles. The molecule has 11 heteroatoms. The first kappa shape index (κ1) is 21.4. The molecule has 0 radical (unpaired) electrons. The summed E-state index contributed by atoms with van der Waals surface area (Å²) >= 11 is 0. The number of carbonyl (C=O) groups is 3. The Bertz CT molecular complexity index is 1120. The molecule has 2 aromatic carbocycles. The fraction of sp³-hybridized carbons (Fsp3) is 0.0500. The van der Waals surface area contributed by atoms with Crippen LogP contribution in [0.5, 0.6) is 0 Å². The summed E-state index contributed by atoms with van der Waals surface area (Å²) in [5, 5.41) is 13.8. The summed E-state index contributed by atoms with van der Waals surface area (Å²) < 4.78 is 39.1. The fourth-order valence-corrected chi connectivity index (χ4v) is 2.93. The van der Waals surface area contributed by atoms with Gasteiger partial charge in [-0.2, -0.15) is 13.2 Å². The third kappa shape index (κ3) is 4.66. The minimum absolute atomic E-state index is 0.0788. The molecular formula is C20H15F3N4O4. The second kappa shape index (κ2) is 8.22. The lowest BCUT2D eigenvalue weighted by Gasteiger charge is -2.14. The number of nitrogens with two attached hydrogens (primary N) is 1. The van der Waals surface area contributed by atoms with Gasteiger partial charge < -0.3 is 26.5 Å². The fourth-order valence-electron chi connectivity index (χ4n) is 2.93. The van der Waals surface area contributed by atoms with Crippen LogP contribution >= 0.6 is 0 Å². The van der Waals surface area contributed by atoms with Gasteiger partial charge in [-0.1, -0.05) is 24.3 Å². The van der Waals surface area contributed by atoms with Crippen molar-refractivity contribution >= 4 is 29.3 Å². The molecule has 0 atom stereocenters. The number of amides is 3. The topological polar surface area (TPSA) is 137 Å². The van der Waals surface area contributed by atoms with Crippen molar-refractivity contribution in [2.45, 2.75) is 6.18 Å². The summed E-state index contributed by atoms with van der Waals surface area (Å²) in [6.45, 7) is 0. The molecule has 6 N–H and O–H groups in total. The predicted molar refractivity (Wildman–Crippen MR) is 106 cm³/mol. The average Bonchev–Trinajstić information content (AvgIpc) is 3.14. The monoisotopic (exact) mass is 432 g/mol. The van der Waals surface area contributed by atoms with E-state index < -0.39 is 35.3 Å². The number of anilines is 2. The molecule has 0 spiro atoms. The van der Waals surface area contributed by atoms with Gasteiger partial charge in [-0.25, -0.2) is 9.59 Å². The molecular weight excluding hydrogens is 417 g/mol.